The topological polar surface area (TPSA) is 70.3 Å². The Morgan fingerprint density at radius 2 is 2.06 bits per heavy atom. The Kier molecular flexibility index (Phi) is 3.78. The second-order valence-corrected chi connectivity index (χ2v) is 4.44. The van der Waals surface area contributed by atoms with E-state index >= 15 is 0 Å². The van der Waals surface area contributed by atoms with E-state index in [-0.39, 0.29) is 12.1 Å². The fraction of sp³-hybridized carbons (Fsp3) is 0.667. The first-order valence-electron chi connectivity index (χ1n) is 6.01. The summed E-state index contributed by atoms with van der Waals surface area (Å²) in [4.78, 5) is 8.41. The third kappa shape index (κ3) is 3.06. The van der Waals surface area contributed by atoms with Crippen molar-refractivity contribution in [2.24, 2.45) is 5.73 Å². The van der Waals surface area contributed by atoms with Gasteiger partial charge >= 0.3 is 6.01 Å². The minimum atomic E-state index is 0.0234. The number of methoxy groups -OCH3 is 1. The fourth-order valence-corrected chi connectivity index (χ4v) is 2.08. The molecule has 1 aliphatic carbocycles. The number of ether oxygens (including phenoxy) is 2. The zero-order chi connectivity index (χ0) is 12.3. The van der Waals surface area contributed by atoms with E-state index in [2.05, 4.69) is 9.97 Å². The number of nitrogens with two attached hydrogens (primary N) is 1. The van der Waals surface area contributed by atoms with Gasteiger partial charge in [0.2, 0.25) is 5.88 Å². The molecule has 17 heavy (non-hydrogen) atoms. The molecule has 0 aliphatic heterocycles. The largest absolute Gasteiger partial charge is 0.481 e. The summed E-state index contributed by atoms with van der Waals surface area (Å²) in [6.07, 6.45) is 4.34. The van der Waals surface area contributed by atoms with Crippen molar-refractivity contribution in [3.05, 3.63) is 11.8 Å². The smallest absolute Gasteiger partial charge is 0.320 e. The highest BCUT2D eigenvalue weighted by Gasteiger charge is 2.24. The van der Waals surface area contributed by atoms with Gasteiger partial charge in [0.15, 0.2) is 0 Å². The molecule has 0 bridgehead atoms. The Bertz CT molecular complexity index is 384. The molecule has 0 aromatic carbocycles. The highest BCUT2D eigenvalue weighted by molar-refractivity contribution is 5.17. The van der Waals surface area contributed by atoms with E-state index in [4.69, 9.17) is 15.2 Å². The average molecular weight is 237 g/mol. The summed E-state index contributed by atoms with van der Waals surface area (Å²) >= 11 is 0. The lowest BCUT2D eigenvalue weighted by Gasteiger charge is -2.28. The summed E-state index contributed by atoms with van der Waals surface area (Å²) in [5, 5.41) is 0. The van der Waals surface area contributed by atoms with Gasteiger partial charge < -0.3 is 15.2 Å². The zero-order valence-electron chi connectivity index (χ0n) is 10.3. The lowest BCUT2D eigenvalue weighted by atomic mass is 9.93. The standard InChI is InChI=1S/C12H19N3O2/c1-8-7-11(16-2)15-12(14-8)17-10-6-4-3-5-9(10)13/h7,9-10H,3-6,13H2,1-2H3. The van der Waals surface area contributed by atoms with Crippen LogP contribution in [0, 0.1) is 6.92 Å². The average Bonchev–Trinajstić information content (AvgIpc) is 2.31. The molecule has 2 unspecified atom stereocenters. The Morgan fingerprint density at radius 3 is 2.76 bits per heavy atom. The van der Waals surface area contributed by atoms with Crippen molar-refractivity contribution in [2.75, 3.05) is 7.11 Å². The molecule has 94 valence electrons. The molecule has 2 atom stereocenters. The zero-order valence-corrected chi connectivity index (χ0v) is 10.3. The van der Waals surface area contributed by atoms with Crippen LogP contribution in [0.4, 0.5) is 0 Å². The minimum absolute atomic E-state index is 0.0234. The molecule has 0 spiro atoms. The number of aryl methyl sites for hydroxylation is 1. The van der Waals surface area contributed by atoms with Gasteiger partial charge in [-0.3, -0.25) is 0 Å². The molecule has 1 aromatic rings. The summed E-state index contributed by atoms with van der Waals surface area (Å²) in [7, 11) is 1.58. The Morgan fingerprint density at radius 1 is 1.29 bits per heavy atom. The monoisotopic (exact) mass is 237 g/mol. The van der Waals surface area contributed by atoms with Crippen LogP contribution in [0.15, 0.2) is 6.07 Å². The number of rotatable bonds is 3. The second-order valence-electron chi connectivity index (χ2n) is 4.44. The first-order chi connectivity index (χ1) is 8.19. The van der Waals surface area contributed by atoms with E-state index in [1.54, 1.807) is 13.2 Å². The van der Waals surface area contributed by atoms with E-state index in [9.17, 15) is 0 Å². The van der Waals surface area contributed by atoms with Crippen LogP contribution in [-0.4, -0.2) is 29.2 Å². The van der Waals surface area contributed by atoms with Gasteiger partial charge in [0.25, 0.3) is 0 Å². The molecule has 5 heteroatoms. The summed E-state index contributed by atoms with van der Waals surface area (Å²) in [5.41, 5.74) is 6.85. The van der Waals surface area contributed by atoms with Crippen LogP contribution in [0.1, 0.15) is 31.4 Å². The van der Waals surface area contributed by atoms with Crippen molar-refractivity contribution in [3.63, 3.8) is 0 Å². The third-order valence-electron chi connectivity index (χ3n) is 3.03. The summed E-state index contributed by atoms with van der Waals surface area (Å²) in [6.45, 7) is 1.89. The van der Waals surface area contributed by atoms with Crippen molar-refractivity contribution in [1.29, 1.82) is 0 Å². The van der Waals surface area contributed by atoms with Crippen molar-refractivity contribution >= 4 is 0 Å². The van der Waals surface area contributed by atoms with E-state index in [0.717, 1.165) is 25.0 Å². The lowest BCUT2D eigenvalue weighted by molar-refractivity contribution is 0.119. The van der Waals surface area contributed by atoms with Crippen molar-refractivity contribution < 1.29 is 9.47 Å². The van der Waals surface area contributed by atoms with Crippen LogP contribution in [0.3, 0.4) is 0 Å². The Labute approximate surface area is 101 Å². The summed E-state index contributed by atoms with van der Waals surface area (Å²) in [5.74, 6) is 0.525. The van der Waals surface area contributed by atoms with Gasteiger partial charge in [0.05, 0.1) is 7.11 Å². The van der Waals surface area contributed by atoms with Gasteiger partial charge in [-0.05, 0) is 26.2 Å². The second kappa shape index (κ2) is 5.31. The van der Waals surface area contributed by atoms with Gasteiger partial charge in [0.1, 0.15) is 6.10 Å². The predicted octanol–water partition coefficient (Wildman–Crippen LogP) is 1.44. The predicted molar refractivity (Wildman–Crippen MR) is 64.2 cm³/mol. The normalized spacial score (nSPS) is 24.4. The molecule has 2 N–H and O–H groups in total. The Balaban J connectivity index is 2.09. The van der Waals surface area contributed by atoms with Gasteiger partial charge in [0, 0.05) is 17.8 Å². The van der Waals surface area contributed by atoms with Crippen molar-refractivity contribution in [2.45, 2.75) is 44.8 Å². The SMILES string of the molecule is COc1cc(C)nc(OC2CCCCC2N)n1. The van der Waals surface area contributed by atoms with Crippen LogP contribution < -0.4 is 15.2 Å². The summed E-state index contributed by atoms with van der Waals surface area (Å²) < 4.78 is 10.9. The molecule has 2 rings (SSSR count). The maximum absolute atomic E-state index is 6.02. The fourth-order valence-electron chi connectivity index (χ4n) is 2.08. The number of aromatic nitrogens is 2. The number of nitrogens with zero attached hydrogens (tertiary/aromatic N) is 2. The van der Waals surface area contributed by atoms with E-state index in [1.807, 2.05) is 6.92 Å². The quantitative estimate of drug-likeness (QED) is 0.861. The highest BCUT2D eigenvalue weighted by atomic mass is 16.5. The molecule has 1 heterocycles. The molecule has 5 nitrogen and oxygen atoms in total. The maximum atomic E-state index is 6.02. The van der Waals surface area contributed by atoms with Crippen LogP contribution in [0.25, 0.3) is 0 Å². The van der Waals surface area contributed by atoms with Crippen LogP contribution in [0.2, 0.25) is 0 Å². The summed E-state index contributed by atoms with van der Waals surface area (Å²) in [6, 6.07) is 2.22. The molecule has 0 saturated heterocycles. The van der Waals surface area contributed by atoms with E-state index in [0.29, 0.717) is 11.9 Å². The van der Waals surface area contributed by atoms with Gasteiger partial charge in [-0.15, -0.1) is 0 Å². The van der Waals surface area contributed by atoms with Crippen LogP contribution >= 0.6 is 0 Å². The highest BCUT2D eigenvalue weighted by Crippen LogP contribution is 2.22. The van der Waals surface area contributed by atoms with Gasteiger partial charge in [-0.2, -0.15) is 4.98 Å². The first-order valence-corrected chi connectivity index (χ1v) is 6.01. The van der Waals surface area contributed by atoms with Crippen molar-refractivity contribution in [3.8, 4) is 11.9 Å². The van der Waals surface area contributed by atoms with Crippen LogP contribution in [0.5, 0.6) is 11.9 Å². The molecular formula is C12H19N3O2. The number of hydrogen-bond donors (Lipinski definition) is 1. The van der Waals surface area contributed by atoms with Gasteiger partial charge in [-0.1, -0.05) is 6.42 Å². The molecule has 1 aliphatic rings. The minimum Gasteiger partial charge on any atom is -0.481 e. The van der Waals surface area contributed by atoms with E-state index < -0.39 is 0 Å². The molecule has 0 radical (unpaired) electrons. The lowest BCUT2D eigenvalue weighted by Crippen LogP contribution is -2.41. The first kappa shape index (κ1) is 12.1. The van der Waals surface area contributed by atoms with Crippen molar-refractivity contribution in [1.82, 2.24) is 9.97 Å². The molecular weight excluding hydrogens is 218 g/mol. The molecule has 0 amide bonds. The molecule has 1 fully saturated rings. The van der Waals surface area contributed by atoms with Gasteiger partial charge in [-0.25, -0.2) is 4.98 Å². The molecule has 1 saturated carbocycles. The maximum Gasteiger partial charge on any atom is 0.320 e. The van der Waals surface area contributed by atoms with Crippen LogP contribution in [-0.2, 0) is 0 Å². The number of hydrogen-bond acceptors (Lipinski definition) is 5. The Hall–Kier alpha value is -1.36. The third-order valence-corrected chi connectivity index (χ3v) is 3.03. The van der Waals surface area contributed by atoms with E-state index in [1.165, 1.54) is 6.42 Å². The molecule has 1 aromatic heterocycles.